The van der Waals surface area contributed by atoms with Gasteiger partial charge in [0.05, 0.1) is 28.5 Å². The Labute approximate surface area is 184 Å². The van der Waals surface area contributed by atoms with E-state index in [0.29, 0.717) is 22.5 Å². The van der Waals surface area contributed by atoms with Gasteiger partial charge in [0, 0.05) is 4.88 Å². The van der Waals surface area contributed by atoms with Crippen LogP contribution in [-0.2, 0) is 29.6 Å². The van der Waals surface area contributed by atoms with Gasteiger partial charge in [-0.15, -0.1) is 23.1 Å². The minimum absolute atomic E-state index is 0.103. The summed E-state index contributed by atoms with van der Waals surface area (Å²) in [4.78, 5) is 34.0. The number of aryl methyl sites for hydroxylation is 2. The van der Waals surface area contributed by atoms with E-state index in [-0.39, 0.29) is 17.2 Å². The van der Waals surface area contributed by atoms with Crippen LogP contribution in [-0.4, -0.2) is 21.6 Å². The first kappa shape index (κ1) is 21.9. The highest BCUT2D eigenvalue weighted by Gasteiger charge is 2.30. The highest BCUT2D eigenvalue weighted by atomic mass is 32.2. The standard InChI is InChI=1S/C21H20F3N3O2S2/c1-11(12-4-2-5-13(8-12)21(22,23)24)25-17(28)10-30-9-16-26-19(29)18-14-6-3-7-15(14)31-20(18)27-16/h2,4-5,8,11H,3,6-7,9-10H2,1H3,(H,25,28)(H,26,27,29). The molecular weight excluding hydrogens is 447 g/mol. The second-order valence-electron chi connectivity index (χ2n) is 7.46. The van der Waals surface area contributed by atoms with Crippen molar-refractivity contribution in [2.45, 2.75) is 44.2 Å². The molecule has 164 valence electrons. The number of nitrogens with zero attached hydrogens (tertiary/aromatic N) is 1. The molecule has 0 saturated heterocycles. The number of carbonyl (C=O) groups is 1. The van der Waals surface area contributed by atoms with E-state index in [2.05, 4.69) is 15.3 Å². The normalized spacial score (nSPS) is 14.6. The Morgan fingerprint density at radius 3 is 2.94 bits per heavy atom. The van der Waals surface area contributed by atoms with Gasteiger partial charge >= 0.3 is 6.18 Å². The number of aromatic nitrogens is 2. The first-order chi connectivity index (χ1) is 14.7. The van der Waals surface area contributed by atoms with Crippen molar-refractivity contribution in [3.63, 3.8) is 0 Å². The predicted octanol–water partition coefficient (Wildman–Crippen LogP) is 4.60. The monoisotopic (exact) mass is 467 g/mol. The number of carbonyl (C=O) groups excluding carboxylic acids is 1. The quantitative estimate of drug-likeness (QED) is 0.556. The van der Waals surface area contributed by atoms with E-state index in [4.69, 9.17) is 0 Å². The van der Waals surface area contributed by atoms with E-state index in [1.165, 1.54) is 22.7 Å². The van der Waals surface area contributed by atoms with Gasteiger partial charge in [-0.05, 0) is 49.4 Å². The molecule has 1 aliphatic rings. The van der Waals surface area contributed by atoms with E-state index < -0.39 is 17.8 Å². The van der Waals surface area contributed by atoms with Gasteiger partial charge in [0.25, 0.3) is 5.56 Å². The number of halogens is 3. The molecule has 1 atom stereocenters. The molecule has 2 N–H and O–H groups in total. The lowest BCUT2D eigenvalue weighted by Gasteiger charge is -2.16. The highest BCUT2D eigenvalue weighted by molar-refractivity contribution is 7.99. The lowest BCUT2D eigenvalue weighted by atomic mass is 10.0. The molecule has 3 aromatic rings. The van der Waals surface area contributed by atoms with Crippen LogP contribution in [0.4, 0.5) is 13.2 Å². The van der Waals surface area contributed by atoms with Crippen molar-refractivity contribution >= 4 is 39.2 Å². The van der Waals surface area contributed by atoms with Gasteiger partial charge in [0.1, 0.15) is 10.7 Å². The molecule has 5 nitrogen and oxygen atoms in total. The molecule has 0 spiro atoms. The summed E-state index contributed by atoms with van der Waals surface area (Å²) in [6.45, 7) is 1.64. The van der Waals surface area contributed by atoms with E-state index in [9.17, 15) is 22.8 Å². The fourth-order valence-corrected chi connectivity index (χ4v) is 5.69. The minimum atomic E-state index is -4.43. The number of nitrogens with one attached hydrogen (secondary N) is 2. The second-order valence-corrected chi connectivity index (χ2v) is 9.52. The van der Waals surface area contributed by atoms with Crippen molar-refractivity contribution in [3.8, 4) is 0 Å². The van der Waals surface area contributed by atoms with Crippen LogP contribution in [0, 0.1) is 0 Å². The van der Waals surface area contributed by atoms with Crippen LogP contribution in [0.2, 0.25) is 0 Å². The number of hydrogen-bond acceptors (Lipinski definition) is 5. The summed E-state index contributed by atoms with van der Waals surface area (Å²) >= 11 is 2.85. The Kier molecular flexibility index (Phi) is 6.11. The van der Waals surface area contributed by atoms with Crippen molar-refractivity contribution < 1.29 is 18.0 Å². The summed E-state index contributed by atoms with van der Waals surface area (Å²) in [7, 11) is 0. The van der Waals surface area contributed by atoms with Gasteiger partial charge in [-0.3, -0.25) is 9.59 Å². The van der Waals surface area contributed by atoms with E-state index >= 15 is 0 Å². The van der Waals surface area contributed by atoms with Crippen LogP contribution in [0.1, 0.15) is 46.8 Å². The molecule has 0 saturated carbocycles. The number of H-pyrrole nitrogens is 1. The average molecular weight is 468 g/mol. The smallest absolute Gasteiger partial charge is 0.349 e. The van der Waals surface area contributed by atoms with Crippen molar-refractivity contribution in [2.24, 2.45) is 0 Å². The Balaban J connectivity index is 1.34. The van der Waals surface area contributed by atoms with Gasteiger partial charge < -0.3 is 10.3 Å². The molecule has 10 heteroatoms. The third kappa shape index (κ3) is 4.79. The lowest BCUT2D eigenvalue weighted by Crippen LogP contribution is -2.28. The molecule has 0 radical (unpaired) electrons. The van der Waals surface area contributed by atoms with E-state index in [0.717, 1.165) is 41.8 Å². The molecule has 4 rings (SSSR count). The van der Waals surface area contributed by atoms with Gasteiger partial charge in [-0.2, -0.15) is 13.2 Å². The summed E-state index contributed by atoms with van der Waals surface area (Å²) in [6, 6.07) is 4.36. The Morgan fingerprint density at radius 1 is 1.35 bits per heavy atom. The van der Waals surface area contributed by atoms with Crippen LogP contribution in [0.25, 0.3) is 10.2 Å². The summed E-state index contributed by atoms with van der Waals surface area (Å²) < 4.78 is 38.6. The SMILES string of the molecule is CC(NC(=O)CSCc1nc2sc3c(c2c(=O)[nH]1)CCC3)c1cccc(C(F)(F)F)c1. The lowest BCUT2D eigenvalue weighted by molar-refractivity contribution is -0.137. The Hall–Kier alpha value is -2.33. The van der Waals surface area contributed by atoms with Crippen molar-refractivity contribution in [1.82, 2.24) is 15.3 Å². The molecular formula is C21H20F3N3O2S2. The number of thioether (sulfide) groups is 1. The molecule has 2 aromatic heterocycles. The van der Waals surface area contributed by atoms with E-state index in [1.54, 1.807) is 24.3 Å². The third-order valence-corrected chi connectivity index (χ3v) is 7.32. The number of benzene rings is 1. The summed E-state index contributed by atoms with van der Waals surface area (Å²) in [5.41, 5.74) is 0.624. The first-order valence-corrected chi connectivity index (χ1v) is 11.8. The first-order valence-electron chi connectivity index (χ1n) is 9.80. The minimum Gasteiger partial charge on any atom is -0.349 e. The summed E-state index contributed by atoms with van der Waals surface area (Å²) in [5, 5.41) is 3.40. The zero-order valence-electron chi connectivity index (χ0n) is 16.6. The van der Waals surface area contributed by atoms with Gasteiger partial charge in [0.15, 0.2) is 0 Å². The molecule has 1 aromatic carbocycles. The Bertz CT molecular complexity index is 1190. The van der Waals surface area contributed by atoms with Crippen LogP contribution >= 0.6 is 23.1 Å². The van der Waals surface area contributed by atoms with Gasteiger partial charge in [0.2, 0.25) is 5.91 Å². The number of aromatic amines is 1. The molecule has 1 amide bonds. The van der Waals surface area contributed by atoms with Crippen LogP contribution in [0.3, 0.4) is 0 Å². The summed E-state index contributed by atoms with van der Waals surface area (Å²) in [6.07, 6.45) is -1.45. The predicted molar refractivity (Wildman–Crippen MR) is 116 cm³/mol. The highest BCUT2D eigenvalue weighted by Crippen LogP contribution is 2.34. The molecule has 1 unspecified atom stereocenters. The Morgan fingerprint density at radius 2 is 2.16 bits per heavy atom. The number of hydrogen-bond donors (Lipinski definition) is 2. The number of rotatable bonds is 6. The van der Waals surface area contributed by atoms with Crippen LogP contribution in [0.5, 0.6) is 0 Å². The number of alkyl halides is 3. The maximum Gasteiger partial charge on any atom is 0.416 e. The topological polar surface area (TPSA) is 74.8 Å². The molecule has 1 aliphatic carbocycles. The largest absolute Gasteiger partial charge is 0.416 e. The third-order valence-electron chi connectivity index (χ3n) is 5.19. The molecule has 31 heavy (non-hydrogen) atoms. The maximum atomic E-state index is 12.9. The zero-order chi connectivity index (χ0) is 22.2. The van der Waals surface area contributed by atoms with Crippen LogP contribution < -0.4 is 10.9 Å². The molecule has 2 heterocycles. The molecule has 0 fully saturated rings. The average Bonchev–Trinajstić information content (AvgIpc) is 3.28. The fraction of sp³-hybridized carbons (Fsp3) is 0.381. The summed E-state index contributed by atoms with van der Waals surface area (Å²) in [5.74, 6) is 0.681. The second kappa shape index (κ2) is 8.66. The number of amides is 1. The van der Waals surface area contributed by atoms with Gasteiger partial charge in [-0.25, -0.2) is 4.98 Å². The molecule has 0 bridgehead atoms. The van der Waals surface area contributed by atoms with Crippen molar-refractivity contribution in [3.05, 3.63) is 62.0 Å². The fourth-order valence-electron chi connectivity index (χ4n) is 3.71. The van der Waals surface area contributed by atoms with Crippen molar-refractivity contribution in [2.75, 3.05) is 5.75 Å². The van der Waals surface area contributed by atoms with E-state index in [1.807, 2.05) is 0 Å². The zero-order valence-corrected chi connectivity index (χ0v) is 18.3. The van der Waals surface area contributed by atoms with Crippen molar-refractivity contribution in [1.29, 1.82) is 0 Å². The van der Waals surface area contributed by atoms with Crippen LogP contribution in [0.15, 0.2) is 29.1 Å². The number of thiophene rings is 1. The number of fused-ring (bicyclic) bond motifs is 3. The maximum absolute atomic E-state index is 12.9. The molecule has 0 aliphatic heterocycles. The van der Waals surface area contributed by atoms with Gasteiger partial charge in [-0.1, -0.05) is 12.1 Å².